The quantitative estimate of drug-likeness (QED) is 0.408. The van der Waals surface area contributed by atoms with E-state index < -0.39 is 17.9 Å². The summed E-state index contributed by atoms with van der Waals surface area (Å²) in [4.78, 5) is 55.5. The smallest absolute Gasteiger partial charge is 0.334 e. The number of Topliss-reactive ketones (excluding diaryl/α,β-unsaturated/α-hetero) is 1. The van der Waals surface area contributed by atoms with Gasteiger partial charge in [-0.3, -0.25) is 9.59 Å². The van der Waals surface area contributed by atoms with Crippen LogP contribution in [0.25, 0.3) is 0 Å². The molecular formula is C28H27Cl2N3O6. The molecule has 0 aliphatic carbocycles. The van der Waals surface area contributed by atoms with Gasteiger partial charge in [0.25, 0.3) is 0 Å². The maximum Gasteiger partial charge on any atom is 0.334 e. The van der Waals surface area contributed by atoms with Gasteiger partial charge in [-0.05, 0) is 19.2 Å². The van der Waals surface area contributed by atoms with Gasteiger partial charge in [-0.2, -0.15) is 0 Å². The van der Waals surface area contributed by atoms with Crippen LogP contribution in [0.15, 0.2) is 71.1 Å². The van der Waals surface area contributed by atoms with Gasteiger partial charge in [-0.25, -0.2) is 9.59 Å². The molecule has 2 heterocycles. The molecule has 1 saturated heterocycles. The van der Waals surface area contributed by atoms with Crippen molar-refractivity contribution in [2.45, 2.75) is 18.8 Å². The lowest BCUT2D eigenvalue weighted by Crippen LogP contribution is -2.47. The van der Waals surface area contributed by atoms with E-state index in [1.165, 1.54) is 12.1 Å². The number of carboxylic acids is 2. The Balaban J connectivity index is 1.85. The Morgan fingerprint density at radius 2 is 1.36 bits per heavy atom. The number of allylic oxidation sites excluding steroid dienone is 1. The number of likely N-dealkylation sites (N-methyl/N-ethyl adjacent to an activating group) is 1. The van der Waals surface area contributed by atoms with Crippen LogP contribution < -0.4 is 5.32 Å². The highest BCUT2D eigenvalue weighted by molar-refractivity contribution is 6.36. The number of hydrogen-bond donors (Lipinski definition) is 3. The van der Waals surface area contributed by atoms with Gasteiger partial charge in [0, 0.05) is 58.7 Å². The van der Waals surface area contributed by atoms with Crippen molar-refractivity contribution in [1.29, 1.82) is 0 Å². The van der Waals surface area contributed by atoms with Crippen LogP contribution >= 0.6 is 23.2 Å². The maximum absolute atomic E-state index is 13.3. The number of benzene rings is 2. The van der Waals surface area contributed by atoms with E-state index in [-0.39, 0.29) is 62.7 Å². The summed E-state index contributed by atoms with van der Waals surface area (Å²) in [5.74, 6) is -5.01. The fraction of sp³-hybridized carbons (Fsp3) is 0.286. The molecule has 0 spiro atoms. The summed E-state index contributed by atoms with van der Waals surface area (Å²) in [7, 11) is 1.95. The molecular weight excluding hydrogens is 545 g/mol. The number of halogens is 2. The summed E-state index contributed by atoms with van der Waals surface area (Å²) >= 11 is 12.9. The first-order valence-corrected chi connectivity index (χ1v) is 13.0. The molecule has 39 heavy (non-hydrogen) atoms. The molecule has 9 nitrogen and oxygen atoms in total. The van der Waals surface area contributed by atoms with Gasteiger partial charge in [0.1, 0.15) is 0 Å². The highest BCUT2D eigenvalue weighted by Gasteiger charge is 2.41. The van der Waals surface area contributed by atoms with E-state index in [1.54, 1.807) is 41.3 Å². The molecule has 1 atom stereocenters. The first-order chi connectivity index (χ1) is 18.6. The number of ketones is 1. The normalized spacial score (nSPS) is 18.1. The second kappa shape index (κ2) is 12.0. The third kappa shape index (κ3) is 6.16. The van der Waals surface area contributed by atoms with Crippen LogP contribution in [-0.4, -0.2) is 76.9 Å². The summed E-state index contributed by atoms with van der Waals surface area (Å²) in [6, 6.07) is 12.8. The van der Waals surface area contributed by atoms with Crippen molar-refractivity contribution in [3.05, 3.63) is 92.2 Å². The fourth-order valence-electron chi connectivity index (χ4n) is 4.87. The van der Waals surface area contributed by atoms with Crippen LogP contribution in [0.3, 0.4) is 0 Å². The first kappa shape index (κ1) is 28.4. The molecule has 2 aromatic carbocycles. The van der Waals surface area contributed by atoms with Crippen LogP contribution in [0.5, 0.6) is 0 Å². The van der Waals surface area contributed by atoms with Crippen LogP contribution in [-0.2, 0) is 14.4 Å². The summed E-state index contributed by atoms with van der Waals surface area (Å²) in [5, 5.41) is 23.6. The van der Waals surface area contributed by atoms with Gasteiger partial charge in [0.2, 0.25) is 5.91 Å². The molecule has 2 aromatic rings. The molecule has 2 aliphatic rings. The van der Waals surface area contributed by atoms with E-state index in [0.717, 1.165) is 0 Å². The molecule has 204 valence electrons. The van der Waals surface area contributed by atoms with E-state index in [1.807, 2.05) is 7.05 Å². The highest BCUT2D eigenvalue weighted by Crippen LogP contribution is 2.45. The Kier molecular flexibility index (Phi) is 8.74. The van der Waals surface area contributed by atoms with Gasteiger partial charge < -0.3 is 25.3 Å². The van der Waals surface area contributed by atoms with Gasteiger partial charge in [-0.15, -0.1) is 0 Å². The lowest BCUT2D eigenvalue weighted by atomic mass is 9.78. The highest BCUT2D eigenvalue weighted by atomic mass is 35.5. The van der Waals surface area contributed by atoms with E-state index >= 15 is 0 Å². The van der Waals surface area contributed by atoms with Crippen molar-refractivity contribution in [2.24, 2.45) is 0 Å². The summed E-state index contributed by atoms with van der Waals surface area (Å²) in [6.07, 6.45) is -0.705. The second-order valence-electron chi connectivity index (χ2n) is 9.41. The zero-order chi connectivity index (χ0) is 28.3. The molecule has 3 N–H and O–H groups in total. The maximum atomic E-state index is 13.3. The van der Waals surface area contributed by atoms with Crippen molar-refractivity contribution < 1.29 is 29.4 Å². The van der Waals surface area contributed by atoms with Crippen molar-refractivity contribution in [1.82, 2.24) is 15.1 Å². The molecule has 1 fully saturated rings. The Morgan fingerprint density at radius 3 is 1.90 bits per heavy atom. The van der Waals surface area contributed by atoms with E-state index in [2.05, 4.69) is 10.2 Å². The summed E-state index contributed by atoms with van der Waals surface area (Å²) in [6.45, 7) is 2.28. The van der Waals surface area contributed by atoms with Crippen LogP contribution in [0, 0.1) is 0 Å². The number of hydrogen-bond acceptors (Lipinski definition) is 6. The van der Waals surface area contributed by atoms with E-state index in [9.17, 15) is 29.4 Å². The molecule has 0 bridgehead atoms. The van der Waals surface area contributed by atoms with Gasteiger partial charge in [-0.1, -0.05) is 59.6 Å². The third-order valence-electron chi connectivity index (χ3n) is 6.90. The fourth-order valence-corrected chi connectivity index (χ4v) is 5.49. The molecule has 1 amide bonds. The van der Waals surface area contributed by atoms with Crippen LogP contribution in [0.2, 0.25) is 10.0 Å². The number of dihydropyridines is 1. The summed E-state index contributed by atoms with van der Waals surface area (Å²) in [5.41, 5.74) is -0.335. The number of nitrogens with zero attached hydrogens (tertiary/aromatic N) is 2. The van der Waals surface area contributed by atoms with E-state index in [0.29, 0.717) is 31.7 Å². The standard InChI is InChI=1S/C28H27Cl2N3O6/c1-32-10-12-33(13-11-32)22(35)15-20-25(28(38)39)26(23-17(29)8-5-9-18(23)30)24(27(36)37)19(31-20)14-21(34)16-6-3-2-4-7-16/h2-9,26,31H,10-15H2,1H3,(H,36,37)(H,38,39). The molecule has 0 radical (unpaired) electrons. The predicted octanol–water partition coefficient (Wildman–Crippen LogP) is 3.79. The van der Waals surface area contributed by atoms with Crippen molar-refractivity contribution in [2.75, 3.05) is 33.2 Å². The predicted molar refractivity (Wildman–Crippen MR) is 146 cm³/mol. The zero-order valence-electron chi connectivity index (χ0n) is 21.1. The number of carbonyl (C=O) groups excluding carboxylic acids is 2. The number of carboxylic acid groups (broad SMARTS) is 2. The molecule has 4 rings (SSSR count). The van der Waals surface area contributed by atoms with Crippen molar-refractivity contribution in [3.8, 4) is 0 Å². The number of aliphatic carboxylic acids is 2. The SMILES string of the molecule is CN1CCN(C(=O)CC2=C(C(=O)O)C(c3c(Cl)cccc3Cl)C(C(=O)O)=C(CC(=O)c3ccccc3)N2)CC1. The Morgan fingerprint density at radius 1 is 0.821 bits per heavy atom. The minimum absolute atomic E-state index is 0.00623. The van der Waals surface area contributed by atoms with Gasteiger partial charge in [0.15, 0.2) is 5.78 Å². The first-order valence-electron chi connectivity index (χ1n) is 12.3. The lowest BCUT2D eigenvalue weighted by molar-refractivity contribution is -0.133. The van der Waals surface area contributed by atoms with Crippen LogP contribution in [0.1, 0.15) is 34.7 Å². The average molecular weight is 572 g/mol. The summed E-state index contributed by atoms with van der Waals surface area (Å²) < 4.78 is 0. The van der Waals surface area contributed by atoms with Gasteiger partial charge >= 0.3 is 11.9 Å². The number of carbonyl (C=O) groups is 4. The molecule has 0 saturated carbocycles. The Labute approximate surface area is 235 Å². The van der Waals surface area contributed by atoms with E-state index in [4.69, 9.17) is 23.2 Å². The molecule has 11 heteroatoms. The van der Waals surface area contributed by atoms with Gasteiger partial charge in [0.05, 0.1) is 29.9 Å². The topological polar surface area (TPSA) is 127 Å². The molecule has 0 aromatic heterocycles. The average Bonchev–Trinajstić information content (AvgIpc) is 2.89. The number of nitrogens with one attached hydrogen (secondary N) is 1. The minimum atomic E-state index is -1.44. The Bertz CT molecular complexity index is 1360. The lowest BCUT2D eigenvalue weighted by Gasteiger charge is -2.35. The van der Waals surface area contributed by atoms with Crippen molar-refractivity contribution in [3.63, 3.8) is 0 Å². The van der Waals surface area contributed by atoms with Crippen LogP contribution in [0.4, 0.5) is 0 Å². The Hall–Kier alpha value is -3.66. The van der Waals surface area contributed by atoms with Crippen molar-refractivity contribution >= 4 is 46.8 Å². The molecule has 1 unspecified atom stereocenters. The number of rotatable bonds is 8. The molecule has 2 aliphatic heterocycles. The largest absolute Gasteiger partial charge is 0.478 e. The monoisotopic (exact) mass is 571 g/mol. The third-order valence-corrected chi connectivity index (χ3v) is 7.55. The number of piperazine rings is 1. The minimum Gasteiger partial charge on any atom is -0.478 e. The zero-order valence-corrected chi connectivity index (χ0v) is 22.6. The second-order valence-corrected chi connectivity index (χ2v) is 10.2. The number of amides is 1.